The molecule has 0 bridgehead atoms. The Morgan fingerprint density at radius 1 is 1.60 bits per heavy atom. The summed E-state index contributed by atoms with van der Waals surface area (Å²) in [6.45, 7) is 4.80. The number of alkyl halides is 1. The molecule has 15 heavy (non-hydrogen) atoms. The fourth-order valence-corrected chi connectivity index (χ4v) is 2.01. The van der Waals surface area contributed by atoms with E-state index in [-0.39, 0.29) is 0 Å². The van der Waals surface area contributed by atoms with E-state index in [2.05, 4.69) is 21.9 Å². The Balaban J connectivity index is 1.98. The Hall–Kier alpha value is -0.610. The molecule has 0 unspecified atom stereocenters. The first-order chi connectivity index (χ1) is 7.35. The first kappa shape index (κ1) is 10.9. The van der Waals surface area contributed by atoms with Gasteiger partial charge in [-0.2, -0.15) is 5.10 Å². The first-order valence-electron chi connectivity index (χ1n) is 5.51. The third-order valence-corrected chi connectivity index (χ3v) is 2.94. The molecule has 4 nitrogen and oxygen atoms in total. The lowest BCUT2D eigenvalue weighted by molar-refractivity contribution is 0.258. The monoisotopic (exact) mass is 228 g/mol. The van der Waals surface area contributed by atoms with Crippen LogP contribution in [0.15, 0.2) is 6.33 Å². The summed E-state index contributed by atoms with van der Waals surface area (Å²) in [5, 5.41) is 4.17. The molecule has 0 aromatic carbocycles. The Bertz CT molecular complexity index is 308. The topological polar surface area (TPSA) is 34.0 Å². The van der Waals surface area contributed by atoms with Crippen molar-refractivity contribution in [1.82, 2.24) is 19.7 Å². The second kappa shape index (κ2) is 4.94. The fourth-order valence-electron chi connectivity index (χ4n) is 1.80. The Labute approximate surface area is 95.2 Å². The average Bonchev–Trinajstić information content (AvgIpc) is 2.99. The van der Waals surface area contributed by atoms with Gasteiger partial charge in [0.2, 0.25) is 0 Å². The molecule has 0 saturated heterocycles. The van der Waals surface area contributed by atoms with Crippen LogP contribution in [0.4, 0.5) is 0 Å². The standard InChI is InChI=1S/C10H17ClN4/c1-2-15-10(12-8-13-15)7-14(6-5-11)9-3-4-9/h8-9H,2-7H2,1H3. The maximum atomic E-state index is 5.80. The molecule has 0 amide bonds. The number of rotatable bonds is 6. The van der Waals surface area contributed by atoms with Gasteiger partial charge in [0.05, 0.1) is 6.54 Å². The van der Waals surface area contributed by atoms with Gasteiger partial charge >= 0.3 is 0 Å². The summed E-state index contributed by atoms with van der Waals surface area (Å²) in [6, 6.07) is 0.728. The highest BCUT2D eigenvalue weighted by Crippen LogP contribution is 2.27. The van der Waals surface area contributed by atoms with Gasteiger partial charge in [-0.1, -0.05) is 0 Å². The molecule has 1 aromatic heterocycles. The van der Waals surface area contributed by atoms with Gasteiger partial charge < -0.3 is 0 Å². The van der Waals surface area contributed by atoms with Gasteiger partial charge in [-0.25, -0.2) is 9.67 Å². The average molecular weight is 229 g/mol. The van der Waals surface area contributed by atoms with Crippen LogP contribution in [0, 0.1) is 0 Å². The number of hydrogen-bond acceptors (Lipinski definition) is 3. The molecule has 0 radical (unpaired) electrons. The van der Waals surface area contributed by atoms with Gasteiger partial charge in [0, 0.05) is 25.0 Å². The number of aryl methyl sites for hydroxylation is 1. The minimum Gasteiger partial charge on any atom is -0.292 e. The zero-order valence-electron chi connectivity index (χ0n) is 9.06. The van der Waals surface area contributed by atoms with Crippen LogP contribution in [0.1, 0.15) is 25.6 Å². The Morgan fingerprint density at radius 2 is 2.40 bits per heavy atom. The molecule has 84 valence electrons. The maximum Gasteiger partial charge on any atom is 0.141 e. The third kappa shape index (κ3) is 2.69. The lowest BCUT2D eigenvalue weighted by Crippen LogP contribution is -2.29. The molecule has 0 spiro atoms. The van der Waals surface area contributed by atoms with Crippen molar-refractivity contribution in [2.45, 2.75) is 38.9 Å². The normalized spacial score (nSPS) is 16.2. The minimum absolute atomic E-state index is 0.691. The van der Waals surface area contributed by atoms with E-state index >= 15 is 0 Å². The van der Waals surface area contributed by atoms with Gasteiger partial charge in [0.15, 0.2) is 0 Å². The summed E-state index contributed by atoms with van der Waals surface area (Å²) in [7, 11) is 0. The largest absolute Gasteiger partial charge is 0.292 e. The van der Waals surface area contributed by atoms with E-state index in [4.69, 9.17) is 11.6 Å². The summed E-state index contributed by atoms with van der Waals surface area (Å²) in [5.74, 6) is 1.74. The smallest absolute Gasteiger partial charge is 0.141 e. The zero-order valence-corrected chi connectivity index (χ0v) is 9.82. The van der Waals surface area contributed by atoms with Crippen LogP contribution < -0.4 is 0 Å². The van der Waals surface area contributed by atoms with Gasteiger partial charge in [0.1, 0.15) is 12.2 Å². The second-order valence-corrected chi connectivity index (χ2v) is 4.26. The van der Waals surface area contributed by atoms with E-state index in [1.807, 2.05) is 4.68 Å². The zero-order chi connectivity index (χ0) is 10.7. The lowest BCUT2D eigenvalue weighted by Gasteiger charge is -2.19. The van der Waals surface area contributed by atoms with Crippen LogP contribution in [-0.2, 0) is 13.1 Å². The number of nitrogens with zero attached hydrogens (tertiary/aromatic N) is 4. The summed E-state index contributed by atoms with van der Waals surface area (Å²) in [4.78, 5) is 6.69. The van der Waals surface area contributed by atoms with Gasteiger partial charge in [-0.05, 0) is 19.8 Å². The van der Waals surface area contributed by atoms with Crippen molar-refractivity contribution in [3.05, 3.63) is 12.2 Å². The van der Waals surface area contributed by atoms with Gasteiger partial charge in [-0.15, -0.1) is 11.6 Å². The van der Waals surface area contributed by atoms with E-state index in [1.165, 1.54) is 12.8 Å². The predicted molar refractivity (Wildman–Crippen MR) is 59.8 cm³/mol. The van der Waals surface area contributed by atoms with Crippen LogP contribution in [0.25, 0.3) is 0 Å². The van der Waals surface area contributed by atoms with E-state index in [9.17, 15) is 0 Å². The van der Waals surface area contributed by atoms with E-state index in [0.29, 0.717) is 5.88 Å². The van der Waals surface area contributed by atoms with E-state index in [1.54, 1.807) is 6.33 Å². The van der Waals surface area contributed by atoms with Gasteiger partial charge in [0.25, 0.3) is 0 Å². The van der Waals surface area contributed by atoms with Crippen LogP contribution in [0.2, 0.25) is 0 Å². The minimum atomic E-state index is 0.691. The number of hydrogen-bond donors (Lipinski definition) is 0. The summed E-state index contributed by atoms with van der Waals surface area (Å²) in [5.41, 5.74) is 0. The molecule has 0 atom stereocenters. The molecule has 2 rings (SSSR count). The molecule has 1 heterocycles. The lowest BCUT2D eigenvalue weighted by atomic mass is 10.4. The molecule has 1 aliphatic carbocycles. The van der Waals surface area contributed by atoms with Crippen molar-refractivity contribution in [1.29, 1.82) is 0 Å². The van der Waals surface area contributed by atoms with Gasteiger partial charge in [-0.3, -0.25) is 4.90 Å². The molecule has 5 heteroatoms. The fraction of sp³-hybridized carbons (Fsp3) is 0.800. The highest BCUT2D eigenvalue weighted by molar-refractivity contribution is 6.18. The van der Waals surface area contributed by atoms with Crippen molar-refractivity contribution < 1.29 is 0 Å². The molecule has 0 N–H and O–H groups in total. The number of aromatic nitrogens is 3. The SMILES string of the molecule is CCn1ncnc1CN(CCCl)C1CC1. The summed E-state index contributed by atoms with van der Waals surface area (Å²) in [6.07, 6.45) is 4.24. The molecular weight excluding hydrogens is 212 g/mol. The van der Waals surface area contributed by atoms with Crippen LogP contribution in [-0.4, -0.2) is 38.1 Å². The number of halogens is 1. The van der Waals surface area contributed by atoms with E-state index < -0.39 is 0 Å². The second-order valence-electron chi connectivity index (χ2n) is 3.88. The first-order valence-corrected chi connectivity index (χ1v) is 6.05. The van der Waals surface area contributed by atoms with Crippen LogP contribution in [0.3, 0.4) is 0 Å². The van der Waals surface area contributed by atoms with Crippen molar-refractivity contribution in [3.63, 3.8) is 0 Å². The van der Waals surface area contributed by atoms with Crippen molar-refractivity contribution in [2.24, 2.45) is 0 Å². The predicted octanol–water partition coefficient (Wildman–Crippen LogP) is 1.50. The van der Waals surface area contributed by atoms with E-state index in [0.717, 1.165) is 31.5 Å². The highest BCUT2D eigenvalue weighted by atomic mass is 35.5. The van der Waals surface area contributed by atoms with Crippen molar-refractivity contribution >= 4 is 11.6 Å². The Kier molecular flexibility index (Phi) is 3.59. The molecule has 1 saturated carbocycles. The van der Waals surface area contributed by atoms with Crippen molar-refractivity contribution in [3.8, 4) is 0 Å². The third-order valence-electron chi connectivity index (χ3n) is 2.77. The van der Waals surface area contributed by atoms with Crippen molar-refractivity contribution in [2.75, 3.05) is 12.4 Å². The molecule has 1 aliphatic rings. The van der Waals surface area contributed by atoms with Crippen LogP contribution in [0.5, 0.6) is 0 Å². The summed E-state index contributed by atoms with van der Waals surface area (Å²) < 4.78 is 1.95. The highest BCUT2D eigenvalue weighted by Gasteiger charge is 2.29. The molecular formula is C10H17ClN4. The molecule has 1 fully saturated rings. The summed E-state index contributed by atoms with van der Waals surface area (Å²) >= 11 is 5.80. The molecule has 0 aliphatic heterocycles. The van der Waals surface area contributed by atoms with Crippen LogP contribution >= 0.6 is 11.6 Å². The molecule has 1 aromatic rings. The Morgan fingerprint density at radius 3 is 3.00 bits per heavy atom. The maximum absolute atomic E-state index is 5.80. The quantitative estimate of drug-likeness (QED) is 0.692.